The number of ether oxygens (including phenoxy) is 1. The Labute approximate surface area is 95.4 Å². The second-order valence-corrected chi connectivity index (χ2v) is 3.38. The van der Waals surface area contributed by atoms with Crippen molar-refractivity contribution in [2.24, 2.45) is 7.05 Å². The molecule has 1 heterocycles. The monoisotopic (exact) mass is 242 g/mol. The van der Waals surface area contributed by atoms with Crippen LogP contribution in [0.25, 0.3) is 11.3 Å². The lowest BCUT2D eigenvalue weighted by Gasteiger charge is -2.01. The van der Waals surface area contributed by atoms with Crippen LogP contribution < -0.4 is 4.74 Å². The van der Waals surface area contributed by atoms with Crippen LogP contribution in [0.5, 0.6) is 5.88 Å². The molecule has 90 valence electrons. The number of hydrogen-bond acceptors (Lipinski definition) is 2. The summed E-state index contributed by atoms with van der Waals surface area (Å²) in [5.41, 5.74) is 1.08. The zero-order valence-electron chi connectivity index (χ0n) is 8.90. The van der Waals surface area contributed by atoms with Gasteiger partial charge in [-0.25, -0.2) is 9.07 Å². The Kier molecular flexibility index (Phi) is 3.03. The third-order valence-corrected chi connectivity index (χ3v) is 2.19. The average Bonchev–Trinajstić information content (AvgIpc) is 2.60. The maximum Gasteiger partial charge on any atom is 0.388 e. The molecule has 1 aromatic carbocycles. The van der Waals surface area contributed by atoms with Crippen LogP contribution in [0.1, 0.15) is 0 Å². The van der Waals surface area contributed by atoms with E-state index in [-0.39, 0.29) is 11.7 Å². The van der Waals surface area contributed by atoms with E-state index in [1.165, 1.54) is 42.1 Å². The Balaban J connectivity index is 2.31. The van der Waals surface area contributed by atoms with Crippen molar-refractivity contribution in [2.75, 3.05) is 0 Å². The molecule has 2 rings (SSSR count). The largest absolute Gasteiger partial charge is 0.417 e. The third-order valence-electron chi connectivity index (χ3n) is 2.19. The molecule has 0 aliphatic rings. The number of aromatic nitrogens is 2. The van der Waals surface area contributed by atoms with E-state index in [1.807, 2.05) is 0 Å². The van der Waals surface area contributed by atoms with Crippen molar-refractivity contribution >= 4 is 0 Å². The summed E-state index contributed by atoms with van der Waals surface area (Å²) >= 11 is 0. The summed E-state index contributed by atoms with van der Waals surface area (Å²) in [5, 5.41) is 4.00. The smallest absolute Gasteiger partial charge is 0.388 e. The van der Waals surface area contributed by atoms with E-state index in [9.17, 15) is 13.2 Å². The van der Waals surface area contributed by atoms with Gasteiger partial charge in [-0.15, -0.1) is 0 Å². The highest BCUT2D eigenvalue weighted by atomic mass is 19.3. The minimum absolute atomic E-state index is 0.0423. The maximum absolute atomic E-state index is 12.7. The number of aryl methyl sites for hydroxylation is 1. The topological polar surface area (TPSA) is 27.1 Å². The molecule has 0 saturated carbocycles. The van der Waals surface area contributed by atoms with Crippen LogP contribution in [-0.4, -0.2) is 16.4 Å². The summed E-state index contributed by atoms with van der Waals surface area (Å²) in [6.45, 7) is -2.90. The molecular weight excluding hydrogens is 233 g/mol. The van der Waals surface area contributed by atoms with E-state index in [4.69, 9.17) is 0 Å². The zero-order valence-corrected chi connectivity index (χ0v) is 8.90. The van der Waals surface area contributed by atoms with Gasteiger partial charge in [-0.1, -0.05) is 0 Å². The number of rotatable bonds is 3. The molecule has 0 spiro atoms. The van der Waals surface area contributed by atoms with Gasteiger partial charge in [0.15, 0.2) is 0 Å². The van der Waals surface area contributed by atoms with E-state index >= 15 is 0 Å². The van der Waals surface area contributed by atoms with Crippen molar-refractivity contribution in [1.82, 2.24) is 9.78 Å². The molecule has 0 fully saturated rings. The number of alkyl halides is 2. The maximum atomic E-state index is 12.7. The molecule has 1 aromatic heterocycles. The third kappa shape index (κ3) is 2.58. The van der Waals surface area contributed by atoms with E-state index < -0.39 is 6.61 Å². The molecule has 17 heavy (non-hydrogen) atoms. The van der Waals surface area contributed by atoms with Crippen LogP contribution in [0.15, 0.2) is 30.3 Å². The fourth-order valence-corrected chi connectivity index (χ4v) is 1.41. The van der Waals surface area contributed by atoms with Crippen LogP contribution >= 0.6 is 0 Å². The van der Waals surface area contributed by atoms with E-state index in [0.717, 1.165) is 0 Å². The van der Waals surface area contributed by atoms with Crippen LogP contribution in [-0.2, 0) is 7.05 Å². The van der Waals surface area contributed by atoms with Gasteiger partial charge in [0, 0.05) is 18.7 Å². The van der Waals surface area contributed by atoms with Gasteiger partial charge in [0.2, 0.25) is 5.88 Å². The van der Waals surface area contributed by atoms with Crippen molar-refractivity contribution < 1.29 is 17.9 Å². The summed E-state index contributed by atoms with van der Waals surface area (Å²) in [5.74, 6) is -0.409. The Hall–Kier alpha value is -1.98. The highest BCUT2D eigenvalue weighted by molar-refractivity contribution is 5.60. The van der Waals surface area contributed by atoms with E-state index in [0.29, 0.717) is 11.3 Å². The van der Waals surface area contributed by atoms with Crippen LogP contribution in [0.3, 0.4) is 0 Å². The van der Waals surface area contributed by atoms with Crippen LogP contribution in [0.2, 0.25) is 0 Å². The summed E-state index contributed by atoms with van der Waals surface area (Å²) in [4.78, 5) is 0. The van der Waals surface area contributed by atoms with Crippen molar-refractivity contribution in [3.63, 3.8) is 0 Å². The van der Waals surface area contributed by atoms with Crippen molar-refractivity contribution in [2.45, 2.75) is 6.61 Å². The molecule has 0 aliphatic heterocycles. The number of hydrogen-bond donors (Lipinski definition) is 0. The first kappa shape index (κ1) is 11.5. The minimum Gasteiger partial charge on any atom is -0.417 e. The molecular formula is C11H9F3N2O. The van der Waals surface area contributed by atoms with Gasteiger partial charge < -0.3 is 4.74 Å². The first-order valence-corrected chi connectivity index (χ1v) is 4.81. The number of nitrogens with zero attached hydrogens (tertiary/aromatic N) is 2. The molecule has 0 amide bonds. The summed E-state index contributed by atoms with van der Waals surface area (Å²) in [6, 6.07) is 6.96. The zero-order chi connectivity index (χ0) is 12.4. The lowest BCUT2D eigenvalue weighted by molar-refractivity contribution is -0.0553. The van der Waals surface area contributed by atoms with Crippen LogP contribution in [0, 0.1) is 5.82 Å². The molecule has 0 unspecified atom stereocenters. The minimum atomic E-state index is -2.90. The average molecular weight is 242 g/mol. The standard InChI is InChI=1S/C11H9F3N2O/c1-16-10(17-11(13)14)6-9(15-16)7-2-4-8(12)5-3-7/h2-6,11H,1H3. The molecule has 0 N–H and O–H groups in total. The Morgan fingerprint density at radius 1 is 1.24 bits per heavy atom. The van der Waals surface area contributed by atoms with Crippen LogP contribution in [0.4, 0.5) is 13.2 Å². The molecule has 0 bridgehead atoms. The van der Waals surface area contributed by atoms with E-state index in [2.05, 4.69) is 9.84 Å². The van der Waals surface area contributed by atoms with Gasteiger partial charge >= 0.3 is 6.61 Å². The first-order valence-electron chi connectivity index (χ1n) is 4.81. The molecule has 3 nitrogen and oxygen atoms in total. The van der Waals surface area contributed by atoms with E-state index in [1.54, 1.807) is 0 Å². The summed E-state index contributed by atoms with van der Waals surface area (Å²) in [7, 11) is 1.49. The van der Waals surface area contributed by atoms with Gasteiger partial charge in [0.05, 0.1) is 5.69 Å². The summed E-state index contributed by atoms with van der Waals surface area (Å²) in [6.07, 6.45) is 0. The predicted octanol–water partition coefficient (Wildman–Crippen LogP) is 2.83. The lowest BCUT2D eigenvalue weighted by atomic mass is 10.1. The van der Waals surface area contributed by atoms with Gasteiger partial charge in [0.25, 0.3) is 0 Å². The van der Waals surface area contributed by atoms with Gasteiger partial charge in [-0.05, 0) is 24.3 Å². The molecule has 6 heteroatoms. The van der Waals surface area contributed by atoms with Crippen molar-refractivity contribution in [1.29, 1.82) is 0 Å². The summed E-state index contributed by atoms with van der Waals surface area (Å²) < 4.78 is 42.3. The fourth-order valence-electron chi connectivity index (χ4n) is 1.41. The van der Waals surface area contributed by atoms with Gasteiger partial charge in [-0.2, -0.15) is 13.9 Å². The van der Waals surface area contributed by atoms with Gasteiger partial charge in [-0.3, -0.25) is 0 Å². The quantitative estimate of drug-likeness (QED) is 0.827. The molecule has 0 radical (unpaired) electrons. The molecule has 0 atom stereocenters. The van der Waals surface area contributed by atoms with Crippen molar-refractivity contribution in [3.05, 3.63) is 36.1 Å². The Bertz CT molecular complexity index is 508. The first-order chi connectivity index (χ1) is 8.06. The van der Waals surface area contributed by atoms with Gasteiger partial charge in [0.1, 0.15) is 5.82 Å². The number of benzene rings is 1. The fraction of sp³-hybridized carbons (Fsp3) is 0.182. The predicted molar refractivity (Wildman–Crippen MR) is 55.2 cm³/mol. The second-order valence-electron chi connectivity index (χ2n) is 3.38. The highest BCUT2D eigenvalue weighted by Crippen LogP contribution is 2.23. The highest BCUT2D eigenvalue weighted by Gasteiger charge is 2.12. The van der Waals surface area contributed by atoms with Crippen molar-refractivity contribution in [3.8, 4) is 17.1 Å². The molecule has 0 aliphatic carbocycles. The SMILES string of the molecule is Cn1nc(-c2ccc(F)cc2)cc1OC(F)F. The Morgan fingerprint density at radius 3 is 2.47 bits per heavy atom. The normalized spacial score (nSPS) is 10.9. The lowest BCUT2D eigenvalue weighted by Crippen LogP contribution is -2.05. The molecule has 2 aromatic rings. The Morgan fingerprint density at radius 2 is 1.88 bits per heavy atom. The second kappa shape index (κ2) is 4.48. The number of halogens is 3. The molecule has 0 saturated heterocycles.